The highest BCUT2D eigenvalue weighted by Crippen LogP contribution is 2.29. The lowest BCUT2D eigenvalue weighted by atomic mass is 10.2. The first kappa shape index (κ1) is 13.0. The van der Waals surface area contributed by atoms with Crippen LogP contribution in [0.25, 0.3) is 4.96 Å². The fourth-order valence-corrected chi connectivity index (χ4v) is 2.76. The molecule has 3 aromatic rings. The molecule has 0 aliphatic heterocycles. The molecule has 1 N–H and O–H groups in total. The van der Waals surface area contributed by atoms with Gasteiger partial charge in [0.1, 0.15) is 12.2 Å². The van der Waals surface area contributed by atoms with Gasteiger partial charge in [-0.3, -0.25) is 4.40 Å². The normalized spacial score (nSPS) is 10.8. The number of carboxylic acids is 1. The first-order chi connectivity index (χ1) is 9.65. The Balaban J connectivity index is 1.84. The molecule has 5 nitrogen and oxygen atoms in total. The average Bonchev–Trinajstić information content (AvgIpc) is 2.97. The highest BCUT2D eigenvalue weighted by molar-refractivity contribution is 7.15. The standard InChI is InChI=1S/C13H9ClN2O3S/c14-10-3-1-2-9(12(17)18)11(10)19-7-8-6-16-4-5-20-13(16)15-8/h1-6H,7H2,(H,17,18). The van der Waals surface area contributed by atoms with Crippen LogP contribution in [-0.4, -0.2) is 20.5 Å². The van der Waals surface area contributed by atoms with Crippen LogP contribution >= 0.6 is 22.9 Å². The number of hydrogen-bond donors (Lipinski definition) is 1. The summed E-state index contributed by atoms with van der Waals surface area (Å²) < 4.78 is 7.41. The maximum atomic E-state index is 11.1. The van der Waals surface area contributed by atoms with Crippen molar-refractivity contribution in [3.63, 3.8) is 0 Å². The van der Waals surface area contributed by atoms with Gasteiger partial charge < -0.3 is 9.84 Å². The van der Waals surface area contributed by atoms with E-state index < -0.39 is 5.97 Å². The minimum Gasteiger partial charge on any atom is -0.485 e. The Kier molecular flexibility index (Phi) is 3.33. The molecule has 20 heavy (non-hydrogen) atoms. The number of thiazole rings is 1. The minimum absolute atomic E-state index is 0.0403. The van der Waals surface area contributed by atoms with Crippen LogP contribution in [0, 0.1) is 0 Å². The van der Waals surface area contributed by atoms with E-state index in [9.17, 15) is 4.79 Å². The van der Waals surface area contributed by atoms with E-state index in [0.717, 1.165) is 4.96 Å². The van der Waals surface area contributed by atoms with Crippen molar-refractivity contribution in [1.82, 2.24) is 9.38 Å². The number of nitrogens with zero attached hydrogens (tertiary/aromatic N) is 2. The number of aromatic carboxylic acids is 1. The van der Waals surface area contributed by atoms with Crippen LogP contribution in [0.2, 0.25) is 5.02 Å². The van der Waals surface area contributed by atoms with Crippen molar-refractivity contribution in [2.75, 3.05) is 0 Å². The van der Waals surface area contributed by atoms with E-state index in [1.54, 1.807) is 12.1 Å². The van der Waals surface area contributed by atoms with Crippen LogP contribution in [-0.2, 0) is 6.61 Å². The van der Waals surface area contributed by atoms with Crippen LogP contribution in [0.5, 0.6) is 5.75 Å². The molecule has 0 atom stereocenters. The molecule has 0 fully saturated rings. The van der Waals surface area contributed by atoms with Gasteiger partial charge in [0, 0.05) is 17.8 Å². The summed E-state index contributed by atoms with van der Waals surface area (Å²) in [5, 5.41) is 11.3. The van der Waals surface area contributed by atoms with Crippen molar-refractivity contribution in [3.8, 4) is 5.75 Å². The molecule has 0 amide bonds. The van der Waals surface area contributed by atoms with Gasteiger partial charge in [0.2, 0.25) is 0 Å². The summed E-state index contributed by atoms with van der Waals surface area (Å²) in [6.07, 6.45) is 3.73. The zero-order valence-electron chi connectivity index (χ0n) is 10.1. The molecule has 0 bridgehead atoms. The zero-order valence-corrected chi connectivity index (χ0v) is 11.7. The third kappa shape index (κ3) is 2.35. The molecule has 3 rings (SSSR count). The average molecular weight is 309 g/mol. The van der Waals surface area contributed by atoms with Gasteiger partial charge in [-0.05, 0) is 12.1 Å². The largest absolute Gasteiger partial charge is 0.485 e. The van der Waals surface area contributed by atoms with E-state index in [-0.39, 0.29) is 22.9 Å². The summed E-state index contributed by atoms with van der Waals surface area (Å²) >= 11 is 7.50. The molecule has 0 saturated carbocycles. The number of halogens is 1. The number of imidazole rings is 1. The fourth-order valence-electron chi connectivity index (χ4n) is 1.82. The van der Waals surface area contributed by atoms with Crippen molar-refractivity contribution >= 4 is 33.9 Å². The number of carboxylic acid groups (broad SMARTS) is 1. The van der Waals surface area contributed by atoms with E-state index in [1.165, 1.54) is 17.4 Å². The number of fused-ring (bicyclic) bond motifs is 1. The second kappa shape index (κ2) is 5.15. The quantitative estimate of drug-likeness (QED) is 0.803. The van der Waals surface area contributed by atoms with Gasteiger partial charge in [-0.2, -0.15) is 0 Å². The minimum atomic E-state index is -1.08. The molecule has 2 heterocycles. The van der Waals surface area contributed by atoms with Gasteiger partial charge in [-0.25, -0.2) is 9.78 Å². The van der Waals surface area contributed by atoms with Gasteiger partial charge in [0.15, 0.2) is 10.7 Å². The smallest absolute Gasteiger partial charge is 0.339 e. The Morgan fingerprint density at radius 3 is 3.10 bits per heavy atom. The lowest BCUT2D eigenvalue weighted by Gasteiger charge is -2.09. The molecule has 0 spiro atoms. The number of hydrogen-bond acceptors (Lipinski definition) is 4. The zero-order chi connectivity index (χ0) is 14.1. The third-order valence-electron chi connectivity index (χ3n) is 2.70. The molecule has 0 aliphatic rings. The number of benzene rings is 1. The van der Waals surface area contributed by atoms with Gasteiger partial charge >= 0.3 is 5.97 Å². The molecule has 102 valence electrons. The maximum Gasteiger partial charge on any atom is 0.339 e. The lowest BCUT2D eigenvalue weighted by Crippen LogP contribution is -2.04. The predicted molar refractivity (Wildman–Crippen MR) is 75.8 cm³/mol. The van der Waals surface area contributed by atoms with E-state index in [0.29, 0.717) is 5.69 Å². The molecule has 0 unspecified atom stereocenters. The first-order valence-electron chi connectivity index (χ1n) is 5.71. The summed E-state index contributed by atoms with van der Waals surface area (Å²) in [6.45, 7) is 0.165. The van der Waals surface area contributed by atoms with E-state index >= 15 is 0 Å². The van der Waals surface area contributed by atoms with E-state index in [2.05, 4.69) is 4.98 Å². The Bertz CT molecular complexity index is 752. The lowest BCUT2D eigenvalue weighted by molar-refractivity contribution is 0.0691. The SMILES string of the molecule is O=C(O)c1cccc(Cl)c1OCc1cn2ccsc2n1. The van der Waals surface area contributed by atoms with Gasteiger partial charge in [-0.1, -0.05) is 17.7 Å². The van der Waals surface area contributed by atoms with Crippen molar-refractivity contribution in [3.05, 3.63) is 52.3 Å². The fraction of sp³-hybridized carbons (Fsp3) is 0.0769. The Labute approximate surface area is 123 Å². The summed E-state index contributed by atoms with van der Waals surface area (Å²) in [6, 6.07) is 4.62. The monoisotopic (exact) mass is 308 g/mol. The van der Waals surface area contributed by atoms with Crippen molar-refractivity contribution in [2.45, 2.75) is 6.61 Å². The highest BCUT2D eigenvalue weighted by atomic mass is 35.5. The van der Waals surface area contributed by atoms with Crippen LogP contribution in [0.15, 0.2) is 36.0 Å². The second-order valence-electron chi connectivity index (χ2n) is 4.04. The topological polar surface area (TPSA) is 63.8 Å². The van der Waals surface area contributed by atoms with Crippen LogP contribution in [0.4, 0.5) is 0 Å². The van der Waals surface area contributed by atoms with E-state index in [1.807, 2.05) is 22.2 Å². The van der Waals surface area contributed by atoms with Crippen molar-refractivity contribution in [1.29, 1.82) is 0 Å². The molecular weight excluding hydrogens is 300 g/mol. The Morgan fingerprint density at radius 2 is 2.35 bits per heavy atom. The molecule has 1 aromatic carbocycles. The van der Waals surface area contributed by atoms with E-state index in [4.69, 9.17) is 21.4 Å². The second-order valence-corrected chi connectivity index (χ2v) is 5.32. The number of carbonyl (C=O) groups is 1. The molecular formula is C13H9ClN2O3S. The number of aromatic nitrogens is 2. The third-order valence-corrected chi connectivity index (χ3v) is 3.77. The van der Waals surface area contributed by atoms with Crippen LogP contribution in [0.1, 0.15) is 16.1 Å². The summed E-state index contributed by atoms with van der Waals surface area (Å²) in [4.78, 5) is 16.3. The van der Waals surface area contributed by atoms with Crippen LogP contribution < -0.4 is 4.74 Å². The van der Waals surface area contributed by atoms with Gasteiger partial charge in [0.05, 0.1) is 10.7 Å². The van der Waals surface area contributed by atoms with Gasteiger partial charge in [0.25, 0.3) is 0 Å². The summed E-state index contributed by atoms with van der Waals surface area (Å²) in [5.74, 6) is -0.911. The van der Waals surface area contributed by atoms with Crippen LogP contribution in [0.3, 0.4) is 0 Å². The molecule has 0 aliphatic carbocycles. The van der Waals surface area contributed by atoms with Gasteiger partial charge in [-0.15, -0.1) is 11.3 Å². The Morgan fingerprint density at radius 1 is 1.50 bits per heavy atom. The predicted octanol–water partition coefficient (Wildman–Crippen LogP) is 3.33. The summed E-state index contributed by atoms with van der Waals surface area (Å²) in [7, 11) is 0. The Hall–Kier alpha value is -2.05. The molecule has 2 aromatic heterocycles. The maximum absolute atomic E-state index is 11.1. The number of ether oxygens (including phenoxy) is 1. The van der Waals surface area contributed by atoms with Crippen molar-refractivity contribution < 1.29 is 14.6 Å². The first-order valence-corrected chi connectivity index (χ1v) is 6.96. The number of rotatable bonds is 4. The molecule has 0 saturated heterocycles. The number of para-hydroxylation sites is 1. The summed E-state index contributed by atoms with van der Waals surface area (Å²) in [5.41, 5.74) is 0.756. The highest BCUT2D eigenvalue weighted by Gasteiger charge is 2.15. The molecule has 7 heteroatoms. The van der Waals surface area contributed by atoms with Crippen molar-refractivity contribution in [2.24, 2.45) is 0 Å². The molecule has 0 radical (unpaired) electrons.